The zero-order valence-electron chi connectivity index (χ0n) is 19.2. The Kier molecular flexibility index (Phi) is 6.77. The first-order chi connectivity index (χ1) is 16.4. The molecule has 0 spiro atoms. The lowest BCUT2D eigenvalue weighted by atomic mass is 10.1. The van der Waals surface area contributed by atoms with Crippen molar-refractivity contribution in [2.45, 2.75) is 38.6 Å². The van der Waals surface area contributed by atoms with E-state index in [1.54, 1.807) is 4.90 Å². The Bertz CT molecular complexity index is 1230. The molecule has 1 fully saturated rings. The van der Waals surface area contributed by atoms with E-state index in [9.17, 15) is 19.2 Å². The summed E-state index contributed by atoms with van der Waals surface area (Å²) < 4.78 is 4.69. The zero-order valence-corrected chi connectivity index (χ0v) is 19.2. The van der Waals surface area contributed by atoms with Gasteiger partial charge in [-0.05, 0) is 48.7 Å². The molecule has 3 aromatic rings. The SMILES string of the molecule is CCCC(=O)N(CCc1c[nH]c2ccccc12)C1CC(=O)N(c2ccc(C(=O)OC)cc2)C1=O. The molecule has 2 heterocycles. The molecule has 1 atom stereocenters. The highest BCUT2D eigenvalue weighted by Gasteiger charge is 2.44. The van der Waals surface area contributed by atoms with Crippen LogP contribution >= 0.6 is 0 Å². The van der Waals surface area contributed by atoms with Gasteiger partial charge in [0.15, 0.2) is 0 Å². The average Bonchev–Trinajstić information content (AvgIpc) is 3.39. The van der Waals surface area contributed by atoms with Gasteiger partial charge in [-0.3, -0.25) is 14.4 Å². The van der Waals surface area contributed by atoms with E-state index in [2.05, 4.69) is 4.98 Å². The zero-order chi connectivity index (χ0) is 24.2. The van der Waals surface area contributed by atoms with Gasteiger partial charge in [0.25, 0.3) is 5.91 Å². The number of hydrogen-bond acceptors (Lipinski definition) is 5. The normalized spacial score (nSPS) is 15.7. The topological polar surface area (TPSA) is 99.8 Å². The third kappa shape index (κ3) is 4.44. The van der Waals surface area contributed by atoms with Crippen LogP contribution in [0.15, 0.2) is 54.7 Å². The van der Waals surface area contributed by atoms with Crippen molar-refractivity contribution < 1.29 is 23.9 Å². The molecule has 1 aliphatic rings. The number of aromatic nitrogens is 1. The van der Waals surface area contributed by atoms with Crippen LogP contribution in [-0.2, 0) is 25.5 Å². The van der Waals surface area contributed by atoms with E-state index in [0.29, 0.717) is 37.1 Å². The molecule has 1 N–H and O–H groups in total. The lowest BCUT2D eigenvalue weighted by Gasteiger charge is -2.27. The Labute approximate surface area is 197 Å². The number of fused-ring (bicyclic) bond motifs is 1. The number of benzene rings is 2. The van der Waals surface area contributed by atoms with Gasteiger partial charge < -0.3 is 14.6 Å². The number of nitrogens with one attached hydrogen (secondary N) is 1. The van der Waals surface area contributed by atoms with Gasteiger partial charge in [-0.2, -0.15) is 0 Å². The highest BCUT2D eigenvalue weighted by molar-refractivity contribution is 6.23. The van der Waals surface area contributed by atoms with Crippen LogP contribution in [0.3, 0.4) is 0 Å². The molecule has 1 aromatic heterocycles. The molecule has 4 rings (SSSR count). The number of para-hydroxylation sites is 1. The Morgan fingerprint density at radius 3 is 2.56 bits per heavy atom. The van der Waals surface area contributed by atoms with Crippen molar-refractivity contribution in [2.24, 2.45) is 0 Å². The molecular formula is C26H27N3O5. The van der Waals surface area contributed by atoms with E-state index in [1.807, 2.05) is 37.4 Å². The molecule has 3 amide bonds. The molecule has 176 valence electrons. The number of imide groups is 1. The molecule has 1 unspecified atom stereocenters. The van der Waals surface area contributed by atoms with E-state index in [1.165, 1.54) is 31.4 Å². The van der Waals surface area contributed by atoms with E-state index >= 15 is 0 Å². The number of methoxy groups -OCH3 is 1. The molecule has 2 aromatic carbocycles. The first-order valence-electron chi connectivity index (χ1n) is 11.3. The van der Waals surface area contributed by atoms with Crippen LogP contribution in [-0.4, -0.2) is 53.3 Å². The van der Waals surface area contributed by atoms with Gasteiger partial charge in [-0.1, -0.05) is 25.1 Å². The van der Waals surface area contributed by atoms with Crippen molar-refractivity contribution in [1.82, 2.24) is 9.88 Å². The number of amides is 3. The summed E-state index contributed by atoms with van der Waals surface area (Å²) >= 11 is 0. The van der Waals surface area contributed by atoms with Crippen LogP contribution in [0.4, 0.5) is 5.69 Å². The highest BCUT2D eigenvalue weighted by Crippen LogP contribution is 2.27. The Hall–Kier alpha value is -3.94. The number of H-pyrrole nitrogens is 1. The number of carbonyl (C=O) groups is 4. The number of ether oxygens (including phenoxy) is 1. The van der Waals surface area contributed by atoms with Crippen LogP contribution in [0.1, 0.15) is 42.1 Å². The maximum Gasteiger partial charge on any atom is 0.337 e. The number of nitrogens with zero attached hydrogens (tertiary/aromatic N) is 2. The van der Waals surface area contributed by atoms with Gasteiger partial charge in [0.2, 0.25) is 11.8 Å². The molecular weight excluding hydrogens is 434 g/mol. The van der Waals surface area contributed by atoms with Gasteiger partial charge >= 0.3 is 5.97 Å². The van der Waals surface area contributed by atoms with Crippen molar-refractivity contribution in [1.29, 1.82) is 0 Å². The molecule has 34 heavy (non-hydrogen) atoms. The van der Waals surface area contributed by atoms with Gasteiger partial charge in [-0.25, -0.2) is 9.69 Å². The first-order valence-corrected chi connectivity index (χ1v) is 11.3. The molecule has 0 bridgehead atoms. The lowest BCUT2D eigenvalue weighted by Crippen LogP contribution is -2.46. The largest absolute Gasteiger partial charge is 0.465 e. The van der Waals surface area contributed by atoms with Crippen LogP contribution < -0.4 is 4.90 Å². The molecule has 8 nitrogen and oxygen atoms in total. The second kappa shape index (κ2) is 9.91. The van der Waals surface area contributed by atoms with Crippen LogP contribution in [0, 0.1) is 0 Å². The molecule has 0 radical (unpaired) electrons. The highest BCUT2D eigenvalue weighted by atomic mass is 16.5. The fraction of sp³-hybridized carbons (Fsp3) is 0.308. The minimum absolute atomic E-state index is 0.0685. The van der Waals surface area contributed by atoms with Crippen molar-refractivity contribution >= 4 is 40.3 Å². The van der Waals surface area contributed by atoms with Gasteiger partial charge in [0.1, 0.15) is 6.04 Å². The lowest BCUT2D eigenvalue weighted by molar-refractivity contribution is -0.138. The van der Waals surface area contributed by atoms with Crippen molar-refractivity contribution in [3.8, 4) is 0 Å². The number of rotatable bonds is 8. The number of carbonyl (C=O) groups excluding carboxylic acids is 4. The number of aromatic amines is 1. The summed E-state index contributed by atoms with van der Waals surface area (Å²) in [5.41, 5.74) is 2.75. The van der Waals surface area contributed by atoms with Gasteiger partial charge in [-0.15, -0.1) is 0 Å². The fourth-order valence-electron chi connectivity index (χ4n) is 4.39. The number of anilines is 1. The Morgan fingerprint density at radius 1 is 1.12 bits per heavy atom. The van der Waals surface area contributed by atoms with E-state index < -0.39 is 17.9 Å². The predicted octanol–water partition coefficient (Wildman–Crippen LogP) is 3.46. The molecule has 0 saturated carbocycles. The number of hydrogen-bond donors (Lipinski definition) is 1. The molecule has 0 aliphatic carbocycles. The van der Waals surface area contributed by atoms with Gasteiger partial charge in [0, 0.05) is 30.1 Å². The van der Waals surface area contributed by atoms with Crippen LogP contribution in [0.25, 0.3) is 10.9 Å². The summed E-state index contributed by atoms with van der Waals surface area (Å²) in [4.78, 5) is 56.7. The van der Waals surface area contributed by atoms with E-state index in [4.69, 9.17) is 4.74 Å². The van der Waals surface area contributed by atoms with Crippen molar-refractivity contribution in [3.63, 3.8) is 0 Å². The third-order valence-electron chi connectivity index (χ3n) is 6.13. The molecule has 1 aliphatic heterocycles. The maximum absolute atomic E-state index is 13.3. The first kappa shape index (κ1) is 23.2. The second-order valence-corrected chi connectivity index (χ2v) is 8.27. The second-order valence-electron chi connectivity index (χ2n) is 8.27. The van der Waals surface area contributed by atoms with E-state index in [0.717, 1.165) is 21.4 Å². The third-order valence-corrected chi connectivity index (χ3v) is 6.13. The maximum atomic E-state index is 13.3. The summed E-state index contributed by atoms with van der Waals surface area (Å²) in [6.07, 6.45) is 3.37. The summed E-state index contributed by atoms with van der Waals surface area (Å²) in [6.45, 7) is 2.24. The monoisotopic (exact) mass is 461 g/mol. The minimum atomic E-state index is -0.850. The molecule has 1 saturated heterocycles. The van der Waals surface area contributed by atoms with Crippen LogP contribution in [0.5, 0.6) is 0 Å². The number of esters is 1. The van der Waals surface area contributed by atoms with Crippen molar-refractivity contribution in [3.05, 3.63) is 65.9 Å². The fourth-order valence-corrected chi connectivity index (χ4v) is 4.39. The molecule has 8 heteroatoms. The smallest absolute Gasteiger partial charge is 0.337 e. The van der Waals surface area contributed by atoms with Crippen LogP contribution in [0.2, 0.25) is 0 Å². The predicted molar refractivity (Wildman–Crippen MR) is 127 cm³/mol. The Morgan fingerprint density at radius 2 is 1.85 bits per heavy atom. The van der Waals surface area contributed by atoms with Crippen molar-refractivity contribution in [2.75, 3.05) is 18.6 Å². The minimum Gasteiger partial charge on any atom is -0.465 e. The van der Waals surface area contributed by atoms with E-state index in [-0.39, 0.29) is 18.2 Å². The standard InChI is InChI=1S/C26H27N3O5/c1-3-6-23(30)28(14-13-18-16-27-21-8-5-4-7-20(18)21)22-15-24(31)29(25(22)32)19-11-9-17(10-12-19)26(33)34-2/h4-5,7-12,16,22,27H,3,6,13-15H2,1-2H3. The summed E-state index contributed by atoms with van der Waals surface area (Å²) in [5, 5.41) is 1.08. The average molecular weight is 462 g/mol. The summed E-state index contributed by atoms with van der Waals surface area (Å²) in [7, 11) is 1.28. The summed E-state index contributed by atoms with van der Waals surface area (Å²) in [5.74, 6) is -1.45. The quantitative estimate of drug-likeness (QED) is 0.409. The Balaban J connectivity index is 1.55. The summed E-state index contributed by atoms with van der Waals surface area (Å²) in [6, 6.07) is 13.2. The van der Waals surface area contributed by atoms with Gasteiger partial charge in [0.05, 0.1) is 24.8 Å².